The van der Waals surface area contributed by atoms with Crippen LogP contribution in [0.5, 0.6) is 0 Å². The van der Waals surface area contributed by atoms with Gasteiger partial charge in [-0.15, -0.1) is 0 Å². The average molecular weight is 248 g/mol. The molecule has 0 fully saturated rings. The van der Waals surface area contributed by atoms with E-state index < -0.39 is 18.8 Å². The maximum absolute atomic E-state index is 12.4. The highest BCUT2D eigenvalue weighted by molar-refractivity contribution is 5.47. The Hall–Kier alpha value is -1.30. The molecule has 3 nitrogen and oxygen atoms in total. The van der Waals surface area contributed by atoms with Crippen LogP contribution in [-0.4, -0.2) is 29.4 Å². The van der Waals surface area contributed by atoms with E-state index in [1.54, 1.807) is 19.1 Å². The number of hydrogen-bond donors (Lipinski definition) is 1. The van der Waals surface area contributed by atoms with E-state index in [-0.39, 0.29) is 12.4 Å². The van der Waals surface area contributed by atoms with Gasteiger partial charge in [0, 0.05) is 18.3 Å². The predicted molar refractivity (Wildman–Crippen MR) is 58.8 cm³/mol. The summed E-state index contributed by atoms with van der Waals surface area (Å²) in [7, 11) is 0. The zero-order chi connectivity index (χ0) is 13.1. The molecule has 1 aromatic rings. The summed E-state index contributed by atoms with van der Waals surface area (Å²) < 4.78 is 37.1. The average Bonchev–Trinajstić information content (AvgIpc) is 2.24. The number of halogens is 3. The second-order valence-corrected chi connectivity index (χ2v) is 3.72. The van der Waals surface area contributed by atoms with Gasteiger partial charge in [0.1, 0.15) is 12.4 Å². The van der Waals surface area contributed by atoms with Gasteiger partial charge in [-0.25, -0.2) is 4.98 Å². The lowest BCUT2D eigenvalue weighted by atomic mass is 10.1. The molecule has 0 amide bonds. The van der Waals surface area contributed by atoms with Crippen molar-refractivity contribution in [2.45, 2.75) is 26.1 Å². The minimum atomic E-state index is -4.29. The molecular formula is C11H15F3N2O. The monoisotopic (exact) mass is 248 g/mol. The molecule has 6 heteroatoms. The van der Waals surface area contributed by atoms with Gasteiger partial charge in [-0.1, -0.05) is 6.07 Å². The van der Waals surface area contributed by atoms with Crippen molar-refractivity contribution in [3.8, 4) is 0 Å². The molecule has 1 N–H and O–H groups in total. The molecular weight excluding hydrogens is 233 g/mol. The van der Waals surface area contributed by atoms with E-state index in [1.807, 2.05) is 0 Å². The van der Waals surface area contributed by atoms with Crippen molar-refractivity contribution in [1.29, 1.82) is 0 Å². The van der Waals surface area contributed by atoms with Gasteiger partial charge >= 0.3 is 6.18 Å². The van der Waals surface area contributed by atoms with Crippen LogP contribution in [0.25, 0.3) is 0 Å². The Bertz CT molecular complexity index is 366. The first kappa shape index (κ1) is 13.8. The van der Waals surface area contributed by atoms with E-state index in [0.717, 1.165) is 4.90 Å². The highest BCUT2D eigenvalue weighted by atomic mass is 19.4. The summed E-state index contributed by atoms with van der Waals surface area (Å²) in [5, 5.41) is 9.50. The van der Waals surface area contributed by atoms with Gasteiger partial charge in [0.05, 0.1) is 6.10 Å². The molecule has 0 saturated heterocycles. The summed E-state index contributed by atoms with van der Waals surface area (Å²) in [6.45, 7) is 2.23. The Morgan fingerprint density at radius 2 is 2.12 bits per heavy atom. The van der Waals surface area contributed by atoms with Crippen LogP contribution in [0, 0.1) is 0 Å². The van der Waals surface area contributed by atoms with Crippen LogP contribution in [0.3, 0.4) is 0 Å². The lowest BCUT2D eigenvalue weighted by Crippen LogP contribution is -2.35. The Balaban J connectivity index is 3.03. The Morgan fingerprint density at radius 1 is 1.47 bits per heavy atom. The van der Waals surface area contributed by atoms with Crippen molar-refractivity contribution in [3.05, 3.63) is 23.9 Å². The summed E-state index contributed by atoms with van der Waals surface area (Å²) in [4.78, 5) is 5.02. The highest BCUT2D eigenvalue weighted by Crippen LogP contribution is 2.26. The summed E-state index contributed by atoms with van der Waals surface area (Å²) >= 11 is 0. The minimum absolute atomic E-state index is 0.177. The SMILES string of the molecule is CCN(CC(F)(F)F)c1ncccc1[C@@H](C)O. The van der Waals surface area contributed by atoms with Gasteiger partial charge in [-0.05, 0) is 19.9 Å². The molecule has 0 unspecified atom stereocenters. The first-order valence-electron chi connectivity index (χ1n) is 5.30. The standard InChI is InChI=1S/C11H15F3N2O/c1-3-16(7-11(12,13)14)10-9(8(2)17)5-4-6-15-10/h4-6,8,17H,3,7H2,1-2H3/t8-/m1/s1. The third-order valence-corrected chi connectivity index (χ3v) is 2.32. The van der Waals surface area contributed by atoms with Crippen molar-refractivity contribution >= 4 is 5.82 Å². The van der Waals surface area contributed by atoms with Crippen LogP contribution in [0.2, 0.25) is 0 Å². The molecule has 0 aliphatic carbocycles. The van der Waals surface area contributed by atoms with Crippen LogP contribution < -0.4 is 4.90 Å². The molecule has 0 spiro atoms. The number of aromatic nitrogens is 1. The van der Waals surface area contributed by atoms with Crippen molar-refractivity contribution in [2.24, 2.45) is 0 Å². The normalized spacial score (nSPS) is 13.5. The molecule has 1 atom stereocenters. The summed E-state index contributed by atoms with van der Waals surface area (Å²) in [5.74, 6) is 0.183. The fourth-order valence-electron chi connectivity index (χ4n) is 1.55. The molecule has 0 aliphatic heterocycles. The first-order valence-corrected chi connectivity index (χ1v) is 5.30. The van der Waals surface area contributed by atoms with Gasteiger partial charge in [0.2, 0.25) is 0 Å². The van der Waals surface area contributed by atoms with E-state index in [9.17, 15) is 18.3 Å². The smallest absolute Gasteiger partial charge is 0.389 e. The third kappa shape index (κ3) is 3.89. The molecule has 17 heavy (non-hydrogen) atoms. The molecule has 1 rings (SSSR count). The van der Waals surface area contributed by atoms with Crippen LogP contribution in [0.4, 0.5) is 19.0 Å². The van der Waals surface area contributed by atoms with E-state index in [2.05, 4.69) is 4.98 Å². The number of nitrogens with zero attached hydrogens (tertiary/aromatic N) is 2. The second-order valence-electron chi connectivity index (χ2n) is 3.72. The lowest BCUT2D eigenvalue weighted by Gasteiger charge is -2.26. The lowest BCUT2D eigenvalue weighted by molar-refractivity contribution is -0.119. The Kier molecular flexibility index (Phi) is 4.34. The van der Waals surface area contributed by atoms with Gasteiger partial charge in [-0.2, -0.15) is 13.2 Å². The highest BCUT2D eigenvalue weighted by Gasteiger charge is 2.31. The van der Waals surface area contributed by atoms with Gasteiger partial charge in [0.25, 0.3) is 0 Å². The fourth-order valence-corrected chi connectivity index (χ4v) is 1.55. The van der Waals surface area contributed by atoms with Crippen LogP contribution in [-0.2, 0) is 0 Å². The molecule has 0 aromatic carbocycles. The maximum Gasteiger partial charge on any atom is 0.405 e. The van der Waals surface area contributed by atoms with Crippen molar-refractivity contribution < 1.29 is 18.3 Å². The molecule has 0 aliphatic rings. The van der Waals surface area contributed by atoms with Gasteiger partial charge in [0.15, 0.2) is 0 Å². The van der Waals surface area contributed by atoms with E-state index in [4.69, 9.17) is 0 Å². The summed E-state index contributed by atoms with van der Waals surface area (Å²) in [5.41, 5.74) is 0.401. The van der Waals surface area contributed by atoms with E-state index in [1.165, 1.54) is 13.1 Å². The molecule has 0 radical (unpaired) electrons. The number of aliphatic hydroxyl groups is 1. The van der Waals surface area contributed by atoms with E-state index in [0.29, 0.717) is 5.56 Å². The zero-order valence-electron chi connectivity index (χ0n) is 9.70. The molecule has 1 heterocycles. The third-order valence-electron chi connectivity index (χ3n) is 2.32. The van der Waals surface area contributed by atoms with E-state index >= 15 is 0 Å². The molecule has 0 saturated carbocycles. The number of alkyl halides is 3. The number of pyridine rings is 1. The summed E-state index contributed by atoms with van der Waals surface area (Å²) in [6.07, 6.45) is -3.72. The Morgan fingerprint density at radius 3 is 2.59 bits per heavy atom. The first-order chi connectivity index (χ1) is 7.85. The predicted octanol–water partition coefficient (Wildman–Crippen LogP) is 2.52. The van der Waals surface area contributed by atoms with Gasteiger partial charge in [-0.3, -0.25) is 0 Å². The minimum Gasteiger partial charge on any atom is -0.389 e. The topological polar surface area (TPSA) is 36.4 Å². The Labute approximate surface area is 97.9 Å². The zero-order valence-corrected chi connectivity index (χ0v) is 9.70. The fraction of sp³-hybridized carbons (Fsp3) is 0.545. The van der Waals surface area contributed by atoms with Crippen molar-refractivity contribution in [2.75, 3.05) is 18.0 Å². The maximum atomic E-state index is 12.4. The molecule has 96 valence electrons. The van der Waals surface area contributed by atoms with Gasteiger partial charge < -0.3 is 10.0 Å². The van der Waals surface area contributed by atoms with Crippen LogP contribution in [0.1, 0.15) is 25.5 Å². The quantitative estimate of drug-likeness (QED) is 0.889. The number of anilines is 1. The van der Waals surface area contributed by atoms with Crippen molar-refractivity contribution in [1.82, 2.24) is 4.98 Å². The number of rotatable bonds is 4. The van der Waals surface area contributed by atoms with Crippen LogP contribution >= 0.6 is 0 Å². The largest absolute Gasteiger partial charge is 0.405 e. The number of hydrogen-bond acceptors (Lipinski definition) is 3. The second kappa shape index (κ2) is 5.35. The number of aliphatic hydroxyl groups excluding tert-OH is 1. The molecule has 0 bridgehead atoms. The molecule has 1 aromatic heterocycles. The summed E-state index contributed by atoms with van der Waals surface area (Å²) in [6, 6.07) is 3.17. The van der Waals surface area contributed by atoms with Crippen molar-refractivity contribution in [3.63, 3.8) is 0 Å². The van der Waals surface area contributed by atoms with Crippen LogP contribution in [0.15, 0.2) is 18.3 Å².